The molecule has 0 saturated heterocycles. The van der Waals surface area contributed by atoms with Gasteiger partial charge in [0.25, 0.3) is 5.69 Å². The lowest BCUT2D eigenvalue weighted by Gasteiger charge is -2.43. The fourth-order valence-electron chi connectivity index (χ4n) is 4.36. The van der Waals surface area contributed by atoms with Crippen LogP contribution in [0.2, 0.25) is 0 Å². The number of benzene rings is 2. The molecule has 31 heavy (non-hydrogen) atoms. The highest BCUT2D eigenvalue weighted by atomic mass is 79.9. The topological polar surface area (TPSA) is 110 Å². The van der Waals surface area contributed by atoms with E-state index in [2.05, 4.69) is 21.2 Å². The van der Waals surface area contributed by atoms with Crippen LogP contribution in [0.3, 0.4) is 0 Å². The molecule has 8 heteroatoms. The molecule has 0 amide bonds. The molecule has 162 valence electrons. The Labute approximate surface area is 188 Å². The van der Waals surface area contributed by atoms with Gasteiger partial charge in [-0.15, -0.1) is 0 Å². The van der Waals surface area contributed by atoms with E-state index in [1.54, 1.807) is 19.1 Å². The maximum absolute atomic E-state index is 12.8. The van der Waals surface area contributed by atoms with E-state index < -0.39 is 22.4 Å². The molecule has 0 bridgehead atoms. The Morgan fingerprint density at radius 1 is 1.13 bits per heavy atom. The fourth-order valence-corrected chi connectivity index (χ4v) is 4.63. The summed E-state index contributed by atoms with van der Waals surface area (Å²) in [5.74, 6) is -2.10. The third-order valence-corrected chi connectivity index (χ3v) is 6.12. The zero-order valence-corrected chi connectivity index (χ0v) is 19.0. The minimum Gasteiger partial charge on any atom is -0.389 e. The van der Waals surface area contributed by atoms with Crippen LogP contribution in [0, 0.1) is 16.0 Å². The van der Waals surface area contributed by atoms with Gasteiger partial charge in [0.05, 0.1) is 16.4 Å². The molecule has 2 aromatic rings. The summed E-state index contributed by atoms with van der Waals surface area (Å²) >= 11 is 3.38. The molecule has 2 aromatic carbocycles. The lowest BCUT2D eigenvalue weighted by molar-refractivity contribution is -0.384. The molecule has 3 rings (SSSR count). The first kappa shape index (κ1) is 22.8. The van der Waals surface area contributed by atoms with Gasteiger partial charge in [0.2, 0.25) is 0 Å². The minimum atomic E-state index is -1.42. The minimum absolute atomic E-state index is 0.0890. The number of anilines is 1. The first-order valence-corrected chi connectivity index (χ1v) is 10.5. The van der Waals surface area contributed by atoms with E-state index in [0.717, 1.165) is 10.2 Å². The maximum atomic E-state index is 12.8. The molecule has 1 aliphatic carbocycles. The monoisotopic (exact) mass is 486 g/mol. The maximum Gasteiger partial charge on any atom is 0.269 e. The van der Waals surface area contributed by atoms with Crippen LogP contribution in [-0.2, 0) is 9.59 Å². The average molecular weight is 487 g/mol. The van der Waals surface area contributed by atoms with Crippen molar-refractivity contribution >= 4 is 38.9 Å². The Kier molecular flexibility index (Phi) is 6.43. The van der Waals surface area contributed by atoms with Gasteiger partial charge in [0.15, 0.2) is 5.78 Å². The number of rotatable bonds is 6. The van der Waals surface area contributed by atoms with Crippen LogP contribution in [-0.4, -0.2) is 27.2 Å². The number of non-ortho nitro benzene ring substituents is 1. The van der Waals surface area contributed by atoms with Crippen molar-refractivity contribution in [2.45, 2.75) is 38.7 Å². The van der Waals surface area contributed by atoms with Gasteiger partial charge in [0.1, 0.15) is 5.78 Å². The molecule has 2 N–H and O–H groups in total. The lowest BCUT2D eigenvalue weighted by atomic mass is 9.64. The molecule has 1 aliphatic rings. The molecule has 0 aromatic heterocycles. The Balaban J connectivity index is 2.19. The highest BCUT2D eigenvalue weighted by Crippen LogP contribution is 2.48. The second-order valence-corrected chi connectivity index (χ2v) is 8.94. The van der Waals surface area contributed by atoms with E-state index in [9.17, 15) is 24.8 Å². The zero-order valence-electron chi connectivity index (χ0n) is 17.4. The number of hydrogen-bond acceptors (Lipinski definition) is 6. The lowest BCUT2D eigenvalue weighted by Crippen LogP contribution is -2.48. The molecule has 7 nitrogen and oxygen atoms in total. The average Bonchev–Trinajstić information content (AvgIpc) is 2.68. The molecule has 0 unspecified atom stereocenters. The van der Waals surface area contributed by atoms with Crippen LogP contribution in [0.5, 0.6) is 0 Å². The number of Topliss-reactive ketones (excluding diaryl/α,β-unsaturated/α-hetero) is 2. The summed E-state index contributed by atoms with van der Waals surface area (Å²) in [7, 11) is 0. The van der Waals surface area contributed by atoms with E-state index in [0.29, 0.717) is 16.8 Å². The molecule has 0 spiro atoms. The summed E-state index contributed by atoms with van der Waals surface area (Å²) in [5.41, 5.74) is 0.702. The zero-order chi connectivity index (χ0) is 22.9. The van der Waals surface area contributed by atoms with Crippen LogP contribution in [0.25, 0.3) is 0 Å². The first-order chi connectivity index (χ1) is 14.5. The van der Waals surface area contributed by atoms with Gasteiger partial charge in [-0.3, -0.25) is 19.7 Å². The van der Waals surface area contributed by atoms with Gasteiger partial charge < -0.3 is 10.4 Å². The third-order valence-electron chi connectivity index (χ3n) is 5.59. The number of nitrogens with one attached hydrogen (secondary N) is 1. The highest BCUT2D eigenvalue weighted by molar-refractivity contribution is 9.10. The number of carbonyl (C=O) groups excluding carboxylic acids is 2. The second kappa shape index (κ2) is 8.72. The number of carbonyl (C=O) groups is 2. The Bertz CT molecular complexity index is 1060. The number of hydrogen-bond donors (Lipinski definition) is 2. The van der Waals surface area contributed by atoms with Crippen molar-refractivity contribution in [2.24, 2.45) is 5.92 Å². The van der Waals surface area contributed by atoms with Crippen molar-refractivity contribution in [3.63, 3.8) is 0 Å². The number of allylic oxidation sites excluding steroid dienone is 1. The van der Waals surface area contributed by atoms with Gasteiger partial charge in [-0.05, 0) is 50.6 Å². The quantitative estimate of drug-likeness (QED) is 0.450. The van der Waals surface area contributed by atoms with E-state index in [1.807, 2.05) is 24.3 Å². The normalized spacial score (nSPS) is 23.4. The number of ketones is 2. The highest BCUT2D eigenvalue weighted by Gasteiger charge is 2.49. The predicted molar refractivity (Wildman–Crippen MR) is 121 cm³/mol. The van der Waals surface area contributed by atoms with Gasteiger partial charge >= 0.3 is 0 Å². The number of nitro benzene ring substituents is 1. The smallest absolute Gasteiger partial charge is 0.269 e. The Morgan fingerprint density at radius 2 is 1.71 bits per heavy atom. The largest absolute Gasteiger partial charge is 0.389 e. The van der Waals surface area contributed by atoms with Gasteiger partial charge in [-0.25, -0.2) is 0 Å². The molecule has 0 fully saturated rings. The number of nitro groups is 1. The van der Waals surface area contributed by atoms with Crippen molar-refractivity contribution in [1.82, 2.24) is 0 Å². The molecule has 0 aliphatic heterocycles. The molecule has 0 radical (unpaired) electrons. The van der Waals surface area contributed by atoms with Crippen molar-refractivity contribution < 1.29 is 19.6 Å². The molecule has 0 saturated carbocycles. The summed E-state index contributed by atoms with van der Waals surface area (Å²) in [5, 5.41) is 25.5. The van der Waals surface area contributed by atoms with Gasteiger partial charge in [-0.1, -0.05) is 28.1 Å². The summed E-state index contributed by atoms with van der Waals surface area (Å²) in [6.45, 7) is 4.40. The second-order valence-electron chi connectivity index (χ2n) is 8.03. The summed E-state index contributed by atoms with van der Waals surface area (Å²) < 4.78 is 0.898. The predicted octanol–water partition coefficient (Wildman–Crippen LogP) is 4.76. The van der Waals surface area contributed by atoms with Crippen LogP contribution < -0.4 is 5.32 Å². The van der Waals surface area contributed by atoms with Crippen LogP contribution in [0.4, 0.5) is 11.4 Å². The Hall–Kier alpha value is -2.84. The van der Waals surface area contributed by atoms with Gasteiger partial charge in [0, 0.05) is 45.9 Å². The van der Waals surface area contributed by atoms with Crippen LogP contribution >= 0.6 is 15.9 Å². The molecular weight excluding hydrogens is 464 g/mol. The number of aliphatic hydroxyl groups is 1. The number of nitrogens with zero attached hydrogens (tertiary/aromatic N) is 1. The van der Waals surface area contributed by atoms with E-state index in [-0.39, 0.29) is 23.7 Å². The van der Waals surface area contributed by atoms with Crippen molar-refractivity contribution in [3.05, 3.63) is 80.0 Å². The molecule has 0 heterocycles. The fraction of sp³-hybridized carbons (Fsp3) is 0.304. The van der Waals surface area contributed by atoms with Crippen molar-refractivity contribution in [1.29, 1.82) is 0 Å². The first-order valence-electron chi connectivity index (χ1n) is 9.75. The van der Waals surface area contributed by atoms with Crippen molar-refractivity contribution in [3.8, 4) is 0 Å². The SMILES string of the molecule is CC(=O)C1=C(Nc2ccc(Br)cc2)C[C@@](C)(O)[C@H](C(C)=O)[C@@H]1c1ccc([N+](=O)[O-])cc1. The standard InChI is InChI=1S/C23H23BrN2O5/c1-13(27)20-19(25-17-8-6-16(24)7-9-17)12-23(3,29)22(14(2)28)21(20)15-4-10-18(11-5-15)26(30)31/h4-11,21-22,25,29H,12H2,1-3H3/t21-,22-,23-/m1/s1. The molecule has 3 atom stereocenters. The molecular formula is C23H23BrN2O5. The van der Waals surface area contributed by atoms with Crippen molar-refractivity contribution in [2.75, 3.05) is 5.32 Å². The Morgan fingerprint density at radius 3 is 2.19 bits per heavy atom. The van der Waals surface area contributed by atoms with Gasteiger partial charge in [-0.2, -0.15) is 0 Å². The summed E-state index contributed by atoms with van der Waals surface area (Å²) in [6.07, 6.45) is 0.0890. The van der Waals surface area contributed by atoms with E-state index in [1.165, 1.54) is 26.0 Å². The number of halogens is 1. The van der Waals surface area contributed by atoms with Crippen LogP contribution in [0.1, 0.15) is 38.7 Å². The van der Waals surface area contributed by atoms with E-state index >= 15 is 0 Å². The van der Waals surface area contributed by atoms with E-state index in [4.69, 9.17) is 0 Å². The summed E-state index contributed by atoms with van der Waals surface area (Å²) in [6, 6.07) is 13.1. The summed E-state index contributed by atoms with van der Waals surface area (Å²) in [4.78, 5) is 35.9. The van der Waals surface area contributed by atoms with Crippen LogP contribution in [0.15, 0.2) is 64.3 Å². The third kappa shape index (κ3) is 4.75.